The Bertz CT molecular complexity index is 582. The molecule has 2 aliphatic rings. The quantitative estimate of drug-likeness (QED) is 0.893. The molecule has 1 aliphatic heterocycles. The standard InChI is InChI=1S/C15H22N4O2S/c1-3-12-16-9(2)13(22-12)18-15(21)17-11-7-8-19(14(11)20)10-5-4-6-10/h10-11H,3-8H2,1-2H3,(H2,17,18,21). The van der Waals surface area contributed by atoms with Crippen LogP contribution in [0, 0.1) is 6.92 Å². The van der Waals surface area contributed by atoms with Crippen molar-refractivity contribution < 1.29 is 9.59 Å². The summed E-state index contributed by atoms with van der Waals surface area (Å²) in [7, 11) is 0. The van der Waals surface area contributed by atoms with Gasteiger partial charge in [-0.15, -0.1) is 11.3 Å². The number of nitrogens with one attached hydrogen (secondary N) is 2. The molecule has 120 valence electrons. The summed E-state index contributed by atoms with van der Waals surface area (Å²) in [5, 5.41) is 7.38. The molecule has 6 nitrogen and oxygen atoms in total. The molecule has 1 saturated carbocycles. The lowest BCUT2D eigenvalue weighted by Gasteiger charge is -2.34. The molecule has 1 aliphatic carbocycles. The smallest absolute Gasteiger partial charge is 0.320 e. The average Bonchev–Trinajstić information content (AvgIpc) is 2.95. The molecule has 22 heavy (non-hydrogen) atoms. The molecular formula is C15H22N4O2S. The van der Waals surface area contributed by atoms with Gasteiger partial charge in [-0.1, -0.05) is 6.92 Å². The highest BCUT2D eigenvalue weighted by Crippen LogP contribution is 2.29. The number of carbonyl (C=O) groups excluding carboxylic acids is 2. The molecule has 2 N–H and O–H groups in total. The van der Waals surface area contributed by atoms with Crippen molar-refractivity contribution >= 4 is 28.3 Å². The van der Waals surface area contributed by atoms with Crippen LogP contribution in [0.5, 0.6) is 0 Å². The van der Waals surface area contributed by atoms with Crippen molar-refractivity contribution in [3.8, 4) is 0 Å². The Morgan fingerprint density at radius 3 is 2.77 bits per heavy atom. The van der Waals surface area contributed by atoms with E-state index in [9.17, 15) is 9.59 Å². The fourth-order valence-electron chi connectivity index (χ4n) is 2.91. The SMILES string of the molecule is CCc1nc(C)c(NC(=O)NC2CCN(C3CCC3)C2=O)s1. The number of hydrogen-bond acceptors (Lipinski definition) is 4. The summed E-state index contributed by atoms with van der Waals surface area (Å²) >= 11 is 1.49. The highest BCUT2D eigenvalue weighted by Gasteiger charge is 2.38. The molecule has 1 unspecified atom stereocenters. The highest BCUT2D eigenvalue weighted by atomic mass is 32.1. The van der Waals surface area contributed by atoms with E-state index in [1.54, 1.807) is 0 Å². The summed E-state index contributed by atoms with van der Waals surface area (Å²) in [5.41, 5.74) is 0.825. The van der Waals surface area contributed by atoms with E-state index < -0.39 is 0 Å². The maximum atomic E-state index is 12.3. The minimum absolute atomic E-state index is 0.0649. The Morgan fingerprint density at radius 1 is 1.41 bits per heavy atom. The van der Waals surface area contributed by atoms with Crippen LogP contribution in [0.1, 0.15) is 43.3 Å². The maximum Gasteiger partial charge on any atom is 0.320 e. The number of carbonyl (C=O) groups is 2. The molecule has 1 aromatic heterocycles. The summed E-state index contributed by atoms with van der Waals surface area (Å²) in [6, 6.07) is -0.305. The van der Waals surface area contributed by atoms with Gasteiger partial charge < -0.3 is 10.2 Å². The molecule has 0 aromatic carbocycles. The van der Waals surface area contributed by atoms with Gasteiger partial charge in [0.1, 0.15) is 11.0 Å². The van der Waals surface area contributed by atoms with Gasteiger partial charge >= 0.3 is 6.03 Å². The monoisotopic (exact) mass is 322 g/mol. The third-order valence-corrected chi connectivity index (χ3v) is 5.65. The molecule has 3 rings (SSSR count). The van der Waals surface area contributed by atoms with Gasteiger partial charge in [-0.3, -0.25) is 10.1 Å². The first-order chi connectivity index (χ1) is 10.6. The van der Waals surface area contributed by atoms with E-state index >= 15 is 0 Å². The van der Waals surface area contributed by atoms with E-state index in [0.717, 1.165) is 41.5 Å². The second-order valence-corrected chi connectivity index (χ2v) is 7.02. The Morgan fingerprint density at radius 2 is 2.18 bits per heavy atom. The predicted octanol–water partition coefficient (Wildman–Crippen LogP) is 2.29. The zero-order valence-electron chi connectivity index (χ0n) is 13.0. The van der Waals surface area contributed by atoms with E-state index in [2.05, 4.69) is 15.6 Å². The number of rotatable bonds is 4. The van der Waals surface area contributed by atoms with Gasteiger partial charge in [0, 0.05) is 12.6 Å². The zero-order valence-corrected chi connectivity index (χ0v) is 13.8. The highest BCUT2D eigenvalue weighted by molar-refractivity contribution is 7.16. The summed E-state index contributed by atoms with van der Waals surface area (Å²) in [6.07, 6.45) is 4.96. The lowest BCUT2D eigenvalue weighted by atomic mass is 9.92. The lowest BCUT2D eigenvalue weighted by Crippen LogP contribution is -2.47. The van der Waals surface area contributed by atoms with Crippen molar-refractivity contribution in [2.45, 2.75) is 58.0 Å². The van der Waals surface area contributed by atoms with Gasteiger partial charge in [-0.2, -0.15) is 0 Å². The van der Waals surface area contributed by atoms with Crippen LogP contribution in [-0.2, 0) is 11.2 Å². The molecule has 0 radical (unpaired) electrons. The van der Waals surface area contributed by atoms with Crippen LogP contribution in [0.15, 0.2) is 0 Å². The van der Waals surface area contributed by atoms with Gasteiger partial charge in [0.2, 0.25) is 5.91 Å². The molecule has 2 fully saturated rings. The van der Waals surface area contributed by atoms with E-state index in [4.69, 9.17) is 0 Å². The van der Waals surface area contributed by atoms with Crippen LogP contribution in [0.2, 0.25) is 0 Å². The van der Waals surface area contributed by atoms with Gasteiger partial charge in [0.25, 0.3) is 0 Å². The second kappa shape index (κ2) is 6.24. The third kappa shape index (κ3) is 2.95. The van der Waals surface area contributed by atoms with Gasteiger partial charge in [0.05, 0.1) is 10.7 Å². The van der Waals surface area contributed by atoms with Crippen molar-refractivity contribution in [1.29, 1.82) is 0 Å². The number of anilines is 1. The summed E-state index contributed by atoms with van der Waals surface area (Å²) in [4.78, 5) is 30.7. The largest absolute Gasteiger partial charge is 0.338 e. The fourth-order valence-corrected chi connectivity index (χ4v) is 3.81. The maximum absolute atomic E-state index is 12.3. The van der Waals surface area contributed by atoms with Crippen molar-refractivity contribution in [3.05, 3.63) is 10.7 Å². The minimum atomic E-state index is -0.389. The average molecular weight is 322 g/mol. The Balaban J connectivity index is 1.55. The minimum Gasteiger partial charge on any atom is -0.338 e. The molecular weight excluding hydrogens is 300 g/mol. The van der Waals surface area contributed by atoms with E-state index in [1.165, 1.54) is 17.8 Å². The number of hydrogen-bond donors (Lipinski definition) is 2. The van der Waals surface area contributed by atoms with Crippen LogP contribution < -0.4 is 10.6 Å². The van der Waals surface area contributed by atoms with Crippen molar-refractivity contribution in [2.75, 3.05) is 11.9 Å². The molecule has 1 atom stereocenters. The van der Waals surface area contributed by atoms with Crippen LogP contribution in [-0.4, -0.2) is 40.5 Å². The second-order valence-electron chi connectivity index (χ2n) is 5.93. The van der Waals surface area contributed by atoms with E-state index in [1.807, 2.05) is 18.7 Å². The number of likely N-dealkylation sites (tertiary alicyclic amines) is 1. The molecule has 1 saturated heterocycles. The van der Waals surface area contributed by atoms with Crippen LogP contribution in [0.4, 0.5) is 9.80 Å². The fraction of sp³-hybridized carbons (Fsp3) is 0.667. The summed E-state index contributed by atoms with van der Waals surface area (Å²) in [6.45, 7) is 4.67. The summed E-state index contributed by atoms with van der Waals surface area (Å²) < 4.78 is 0. The van der Waals surface area contributed by atoms with Crippen LogP contribution in [0.25, 0.3) is 0 Å². The molecule has 1 aromatic rings. The molecule has 0 bridgehead atoms. The van der Waals surface area contributed by atoms with E-state index in [0.29, 0.717) is 12.5 Å². The molecule has 7 heteroatoms. The summed E-state index contributed by atoms with van der Waals surface area (Å²) in [5.74, 6) is 0.0649. The predicted molar refractivity (Wildman–Crippen MR) is 86.1 cm³/mol. The molecule has 3 amide bonds. The Kier molecular flexibility index (Phi) is 4.33. The van der Waals surface area contributed by atoms with Crippen molar-refractivity contribution in [2.24, 2.45) is 0 Å². The number of amides is 3. The number of nitrogens with zero attached hydrogens (tertiary/aromatic N) is 2. The van der Waals surface area contributed by atoms with Crippen LogP contribution >= 0.6 is 11.3 Å². The lowest BCUT2D eigenvalue weighted by molar-refractivity contribution is -0.132. The molecule has 0 spiro atoms. The van der Waals surface area contributed by atoms with Gasteiger partial charge in [-0.25, -0.2) is 9.78 Å². The number of thiazole rings is 1. The first-order valence-electron chi connectivity index (χ1n) is 7.92. The molecule has 2 heterocycles. The number of aryl methyl sites for hydroxylation is 2. The topological polar surface area (TPSA) is 74.3 Å². The van der Waals surface area contributed by atoms with Gasteiger partial charge in [-0.05, 0) is 39.0 Å². The first kappa shape index (κ1) is 15.3. The normalized spacial score (nSPS) is 21.8. The van der Waals surface area contributed by atoms with E-state index in [-0.39, 0.29) is 18.0 Å². The van der Waals surface area contributed by atoms with Crippen molar-refractivity contribution in [1.82, 2.24) is 15.2 Å². The van der Waals surface area contributed by atoms with Crippen molar-refractivity contribution in [3.63, 3.8) is 0 Å². The Hall–Kier alpha value is -1.63. The number of urea groups is 1. The third-order valence-electron chi connectivity index (χ3n) is 4.43. The first-order valence-corrected chi connectivity index (χ1v) is 8.74. The van der Waals surface area contributed by atoms with Gasteiger partial charge in [0.15, 0.2) is 0 Å². The Labute approximate surface area is 134 Å². The van der Waals surface area contributed by atoms with Crippen LogP contribution in [0.3, 0.4) is 0 Å². The number of aromatic nitrogens is 1. The zero-order chi connectivity index (χ0) is 15.7.